The van der Waals surface area contributed by atoms with Crippen molar-refractivity contribution in [1.29, 1.82) is 0 Å². The molecular formula is C16H25N5O2. The lowest BCUT2D eigenvalue weighted by molar-refractivity contribution is 0.0439. The molecule has 3 heterocycles. The van der Waals surface area contributed by atoms with Crippen LogP contribution in [0.25, 0.3) is 11.0 Å². The molecule has 3 rings (SSSR count). The molecule has 0 amide bonds. The monoisotopic (exact) mass is 319 g/mol. The van der Waals surface area contributed by atoms with Crippen molar-refractivity contribution in [3.8, 4) is 0 Å². The molecule has 0 spiro atoms. The maximum absolute atomic E-state index is 5.95. The highest BCUT2D eigenvalue weighted by molar-refractivity contribution is 5.87. The number of nitrogens with zero attached hydrogens (tertiary/aromatic N) is 5. The van der Waals surface area contributed by atoms with Crippen molar-refractivity contribution in [2.45, 2.75) is 38.9 Å². The van der Waals surface area contributed by atoms with E-state index in [4.69, 9.17) is 14.5 Å². The molecule has 0 radical (unpaired) electrons. The average molecular weight is 319 g/mol. The minimum Gasteiger partial charge on any atom is -0.377 e. The van der Waals surface area contributed by atoms with Gasteiger partial charge in [-0.05, 0) is 19.3 Å². The molecule has 0 N–H and O–H groups in total. The zero-order valence-corrected chi connectivity index (χ0v) is 14.2. The summed E-state index contributed by atoms with van der Waals surface area (Å²) >= 11 is 0. The largest absolute Gasteiger partial charge is 0.377 e. The molecule has 1 saturated heterocycles. The van der Waals surface area contributed by atoms with Crippen LogP contribution in [0.3, 0.4) is 0 Å². The second kappa shape index (κ2) is 7.23. The number of aromatic nitrogens is 4. The summed E-state index contributed by atoms with van der Waals surface area (Å²) < 4.78 is 12.9. The van der Waals surface area contributed by atoms with Crippen molar-refractivity contribution in [2.75, 3.05) is 31.7 Å². The third-order valence-corrected chi connectivity index (χ3v) is 4.13. The number of aryl methyl sites for hydroxylation is 1. The zero-order valence-electron chi connectivity index (χ0n) is 14.2. The Morgan fingerprint density at radius 3 is 3.00 bits per heavy atom. The Hall–Kier alpha value is -1.73. The first kappa shape index (κ1) is 16.1. The van der Waals surface area contributed by atoms with Gasteiger partial charge in [0.2, 0.25) is 0 Å². The number of anilines is 1. The summed E-state index contributed by atoms with van der Waals surface area (Å²) in [6, 6.07) is 0. The number of hydrogen-bond acceptors (Lipinski definition) is 6. The smallest absolute Gasteiger partial charge is 0.163 e. The van der Waals surface area contributed by atoms with Gasteiger partial charge in [0.25, 0.3) is 0 Å². The molecule has 2 aromatic rings. The molecule has 126 valence electrons. The van der Waals surface area contributed by atoms with Crippen LogP contribution in [0.4, 0.5) is 5.82 Å². The minimum atomic E-state index is 0.274. The highest BCUT2D eigenvalue weighted by Gasteiger charge is 2.24. The Morgan fingerprint density at radius 2 is 2.22 bits per heavy atom. The Bertz CT molecular complexity index is 657. The molecule has 1 fully saturated rings. The van der Waals surface area contributed by atoms with E-state index >= 15 is 0 Å². The van der Waals surface area contributed by atoms with Crippen molar-refractivity contribution < 1.29 is 9.47 Å². The molecule has 0 aromatic carbocycles. The third-order valence-electron chi connectivity index (χ3n) is 4.13. The Kier molecular flexibility index (Phi) is 5.07. The predicted molar refractivity (Wildman–Crippen MR) is 88.5 cm³/mol. The number of ether oxygens (including phenoxy) is 2. The summed E-state index contributed by atoms with van der Waals surface area (Å²) in [7, 11) is 3.56. The van der Waals surface area contributed by atoms with Gasteiger partial charge in [-0.25, -0.2) is 9.97 Å². The lowest BCUT2D eigenvalue weighted by atomic mass is 10.1. The van der Waals surface area contributed by atoms with Crippen LogP contribution in [-0.4, -0.2) is 52.7 Å². The number of rotatable bonds is 6. The average Bonchev–Trinajstić information content (AvgIpc) is 2.94. The first-order valence-corrected chi connectivity index (χ1v) is 8.27. The number of hydrogen-bond donors (Lipinski definition) is 0. The van der Waals surface area contributed by atoms with Gasteiger partial charge in [-0.15, -0.1) is 0 Å². The zero-order chi connectivity index (χ0) is 16.2. The quantitative estimate of drug-likeness (QED) is 0.810. The van der Waals surface area contributed by atoms with Gasteiger partial charge < -0.3 is 14.4 Å². The molecule has 2 aromatic heterocycles. The minimum absolute atomic E-state index is 0.274. The molecular weight excluding hydrogens is 294 g/mol. The van der Waals surface area contributed by atoms with Crippen LogP contribution in [0.15, 0.2) is 6.20 Å². The molecule has 1 aliphatic rings. The molecule has 0 bridgehead atoms. The number of fused-ring (bicyclic) bond motifs is 1. The van der Waals surface area contributed by atoms with Crippen molar-refractivity contribution >= 4 is 16.9 Å². The predicted octanol–water partition coefficient (Wildman–Crippen LogP) is 1.91. The molecule has 0 saturated carbocycles. The molecule has 1 aliphatic heterocycles. The summed E-state index contributed by atoms with van der Waals surface area (Å²) in [4.78, 5) is 11.6. The molecule has 0 unspecified atom stereocenters. The summed E-state index contributed by atoms with van der Waals surface area (Å²) in [5.41, 5.74) is 0.846. The van der Waals surface area contributed by atoms with Crippen LogP contribution < -0.4 is 4.90 Å². The third kappa shape index (κ3) is 3.45. The van der Waals surface area contributed by atoms with Crippen molar-refractivity contribution in [3.63, 3.8) is 0 Å². The van der Waals surface area contributed by atoms with Gasteiger partial charge >= 0.3 is 0 Å². The van der Waals surface area contributed by atoms with Crippen molar-refractivity contribution in [1.82, 2.24) is 19.7 Å². The number of piperidine rings is 1. The van der Waals surface area contributed by atoms with E-state index in [1.54, 1.807) is 11.8 Å². The summed E-state index contributed by atoms with van der Waals surface area (Å²) in [5.74, 6) is 1.63. The van der Waals surface area contributed by atoms with Crippen LogP contribution >= 0.6 is 0 Å². The van der Waals surface area contributed by atoms with Gasteiger partial charge in [0.05, 0.1) is 17.7 Å². The summed E-state index contributed by atoms with van der Waals surface area (Å²) in [6.45, 7) is 5.21. The van der Waals surface area contributed by atoms with Crippen molar-refractivity contribution in [3.05, 3.63) is 12.0 Å². The topological polar surface area (TPSA) is 65.3 Å². The maximum Gasteiger partial charge on any atom is 0.163 e. The van der Waals surface area contributed by atoms with E-state index < -0.39 is 0 Å². The highest BCUT2D eigenvalue weighted by Crippen LogP contribution is 2.27. The van der Waals surface area contributed by atoms with E-state index in [0.717, 1.165) is 55.8 Å². The van der Waals surface area contributed by atoms with E-state index in [-0.39, 0.29) is 6.10 Å². The number of methoxy groups -OCH3 is 1. The fourth-order valence-electron chi connectivity index (χ4n) is 3.04. The van der Waals surface area contributed by atoms with Gasteiger partial charge in [-0.1, -0.05) is 6.92 Å². The van der Waals surface area contributed by atoms with Gasteiger partial charge in [0, 0.05) is 33.9 Å². The van der Waals surface area contributed by atoms with E-state index in [1.165, 1.54) is 0 Å². The lowest BCUT2D eigenvalue weighted by Crippen LogP contribution is -2.40. The lowest BCUT2D eigenvalue weighted by Gasteiger charge is -2.33. The maximum atomic E-state index is 5.95. The van der Waals surface area contributed by atoms with Crippen LogP contribution in [-0.2, 0) is 23.1 Å². The first-order chi connectivity index (χ1) is 11.2. The van der Waals surface area contributed by atoms with Gasteiger partial charge in [-0.2, -0.15) is 5.10 Å². The van der Waals surface area contributed by atoms with E-state index in [2.05, 4.69) is 21.9 Å². The van der Waals surface area contributed by atoms with E-state index in [0.29, 0.717) is 12.4 Å². The van der Waals surface area contributed by atoms with Crippen LogP contribution in [0.5, 0.6) is 0 Å². The van der Waals surface area contributed by atoms with Gasteiger partial charge in [0.1, 0.15) is 12.4 Å². The van der Waals surface area contributed by atoms with E-state index in [1.807, 2.05) is 13.2 Å². The van der Waals surface area contributed by atoms with Crippen LogP contribution in [0.2, 0.25) is 0 Å². The van der Waals surface area contributed by atoms with Gasteiger partial charge in [-0.3, -0.25) is 4.68 Å². The van der Waals surface area contributed by atoms with Crippen molar-refractivity contribution in [2.24, 2.45) is 7.05 Å². The molecule has 1 atom stereocenters. The Balaban J connectivity index is 1.91. The highest BCUT2D eigenvalue weighted by atomic mass is 16.5. The first-order valence-electron chi connectivity index (χ1n) is 8.27. The van der Waals surface area contributed by atoms with Crippen LogP contribution in [0, 0.1) is 0 Å². The fraction of sp³-hybridized carbons (Fsp3) is 0.688. The van der Waals surface area contributed by atoms with Gasteiger partial charge in [0.15, 0.2) is 11.5 Å². The molecule has 7 nitrogen and oxygen atoms in total. The second-order valence-corrected chi connectivity index (χ2v) is 5.98. The fourth-order valence-corrected chi connectivity index (χ4v) is 3.04. The summed E-state index contributed by atoms with van der Waals surface area (Å²) in [6.07, 6.45) is 5.39. The Labute approximate surface area is 136 Å². The second-order valence-electron chi connectivity index (χ2n) is 5.98. The SMILES string of the molecule is CCCO[C@H]1CCCN(c2nc(COC)nc3c2cnn3C)C1. The molecule has 7 heteroatoms. The molecule has 0 aliphatic carbocycles. The normalized spacial score (nSPS) is 18.7. The van der Waals surface area contributed by atoms with Crippen LogP contribution in [0.1, 0.15) is 32.0 Å². The van der Waals surface area contributed by atoms with E-state index in [9.17, 15) is 0 Å². The summed E-state index contributed by atoms with van der Waals surface area (Å²) in [5, 5.41) is 5.33. The standard InChI is InChI=1S/C16H25N5O2/c1-4-8-23-12-6-5-7-21(10-12)16-13-9-17-20(2)15(13)18-14(19-16)11-22-3/h9,12H,4-8,10-11H2,1-3H3/t12-/m0/s1. The Morgan fingerprint density at radius 1 is 1.35 bits per heavy atom. The molecule has 23 heavy (non-hydrogen) atoms.